The monoisotopic (exact) mass is 645 g/mol. The quantitative estimate of drug-likeness (QED) is 0.153. The third-order valence-corrected chi connectivity index (χ3v) is 8.50. The van der Waals surface area contributed by atoms with Crippen molar-refractivity contribution in [2.24, 2.45) is 11.8 Å². The lowest BCUT2D eigenvalue weighted by Crippen LogP contribution is -3.59. The van der Waals surface area contributed by atoms with Crippen molar-refractivity contribution < 1.29 is 55.8 Å². The molecule has 35 heavy (non-hydrogen) atoms. The maximum absolute atomic E-state index is 12.3. The molecule has 0 aliphatic carbocycles. The zero-order chi connectivity index (χ0) is 26.7. The molecule has 0 amide bonds. The third-order valence-electron chi connectivity index (χ3n) is 4.53. The molecule has 1 atom stereocenters. The van der Waals surface area contributed by atoms with Crippen molar-refractivity contribution in [1.29, 1.82) is 0 Å². The molecular weight excluding hydrogens is 618 g/mol. The van der Waals surface area contributed by atoms with Gasteiger partial charge in [0, 0.05) is 12.5 Å². The van der Waals surface area contributed by atoms with Gasteiger partial charge < -0.3 is 4.55 Å². The van der Waals surface area contributed by atoms with Gasteiger partial charge in [0.25, 0.3) is 0 Å². The van der Waals surface area contributed by atoms with Crippen molar-refractivity contribution in [3.05, 3.63) is 63.7 Å². The van der Waals surface area contributed by atoms with Crippen molar-refractivity contribution in [3.8, 4) is 9.85 Å². The van der Waals surface area contributed by atoms with Gasteiger partial charge in [0.2, 0.25) is 13.6 Å². The van der Waals surface area contributed by atoms with Gasteiger partial charge >= 0.3 is 26.7 Å². The fraction of sp³-hybridized carbons (Fsp3) is 0.391. The minimum absolute atomic E-state index is 0.277. The molecule has 0 saturated heterocycles. The summed E-state index contributed by atoms with van der Waals surface area (Å²) in [6.07, 6.45) is 1.69. The van der Waals surface area contributed by atoms with Crippen molar-refractivity contribution >= 4 is 20.1 Å². The molecule has 6 nitrogen and oxygen atoms in total. The first-order valence-electron chi connectivity index (χ1n) is 10.4. The predicted octanol–water partition coefficient (Wildman–Crippen LogP) is 1.30. The molecule has 0 spiro atoms. The van der Waals surface area contributed by atoms with Crippen LogP contribution < -0.4 is 25.9 Å². The SMILES string of the molecule is Cc1ccc(S(=O)(=O)NCCCC(C#C[I+]c2ccccc2)C(C)C)cc1.O=S(=O)([O-])C(F)(F)F. The number of hydrogen-bond donors (Lipinski definition) is 1. The second-order valence-electron chi connectivity index (χ2n) is 7.73. The van der Waals surface area contributed by atoms with Crippen LogP contribution in [0.15, 0.2) is 59.5 Å². The Morgan fingerprint density at radius 2 is 1.54 bits per heavy atom. The molecule has 2 rings (SSSR count). The highest BCUT2D eigenvalue weighted by Crippen LogP contribution is 2.20. The van der Waals surface area contributed by atoms with E-state index in [2.05, 4.69) is 52.7 Å². The highest BCUT2D eigenvalue weighted by molar-refractivity contribution is 7.89. The highest BCUT2D eigenvalue weighted by atomic mass is 127. The lowest BCUT2D eigenvalue weighted by atomic mass is 9.92. The molecule has 2 aromatic rings. The third kappa shape index (κ3) is 12.2. The number of halogens is 4. The van der Waals surface area contributed by atoms with Gasteiger partial charge in [-0.25, -0.2) is 21.6 Å². The molecule has 0 radical (unpaired) electrons. The summed E-state index contributed by atoms with van der Waals surface area (Å²) in [5.41, 5.74) is -4.60. The molecule has 0 aromatic heterocycles. The summed E-state index contributed by atoms with van der Waals surface area (Å²) in [6.45, 7) is 6.74. The molecule has 194 valence electrons. The van der Waals surface area contributed by atoms with Crippen LogP contribution >= 0.6 is 0 Å². The summed E-state index contributed by atoms with van der Waals surface area (Å²) in [5, 5.41) is 0. The van der Waals surface area contributed by atoms with Gasteiger partial charge in [0.15, 0.2) is 14.0 Å². The van der Waals surface area contributed by atoms with E-state index in [1.54, 1.807) is 12.1 Å². The molecule has 0 heterocycles. The van der Waals surface area contributed by atoms with E-state index in [9.17, 15) is 21.6 Å². The van der Waals surface area contributed by atoms with E-state index < -0.39 is 25.6 Å². The molecule has 12 heteroatoms. The van der Waals surface area contributed by atoms with Crippen LogP contribution in [0.25, 0.3) is 0 Å². The van der Waals surface area contributed by atoms with Crippen LogP contribution in [0.3, 0.4) is 0 Å². The van der Waals surface area contributed by atoms with Crippen LogP contribution in [-0.2, 0) is 20.1 Å². The average Bonchev–Trinajstić information content (AvgIpc) is 2.75. The number of rotatable bonds is 8. The van der Waals surface area contributed by atoms with Crippen molar-refractivity contribution in [3.63, 3.8) is 0 Å². The number of hydrogen-bond acceptors (Lipinski definition) is 5. The summed E-state index contributed by atoms with van der Waals surface area (Å²) < 4.78 is 91.0. The second-order valence-corrected chi connectivity index (χ2v) is 13.2. The van der Waals surface area contributed by atoms with E-state index in [1.165, 1.54) is 3.57 Å². The number of benzene rings is 2. The Kier molecular flexibility index (Phi) is 12.7. The Hall–Kier alpha value is -1.66. The molecule has 0 aliphatic heterocycles. The first kappa shape index (κ1) is 31.4. The molecule has 0 bridgehead atoms. The molecule has 0 fully saturated rings. The van der Waals surface area contributed by atoms with E-state index in [1.807, 2.05) is 25.1 Å². The van der Waals surface area contributed by atoms with E-state index in [-0.39, 0.29) is 21.2 Å². The standard InChI is InChI=1S/C22H27INO2S.CHF3O3S/c1-18(2)20(15-16-23-21-9-5-4-6-10-21)8-7-17-24-27(25,26)22-13-11-19(3)12-14-22;2-1(3,4)8(5,6)7/h4-6,9-14,18,20,24H,7-8,17H2,1-3H3;(H,5,6,7)/q+1;/p-1. The molecule has 1 unspecified atom stereocenters. The Balaban J connectivity index is 0.000000658. The van der Waals surface area contributed by atoms with Gasteiger partial charge in [-0.1, -0.05) is 49.7 Å². The molecular formula is C23H27F3INO5S2. The van der Waals surface area contributed by atoms with E-state index >= 15 is 0 Å². The van der Waals surface area contributed by atoms with Gasteiger partial charge in [-0.15, -0.1) is 0 Å². The van der Waals surface area contributed by atoms with Gasteiger partial charge in [0.1, 0.15) is 0 Å². The van der Waals surface area contributed by atoms with E-state index in [0.29, 0.717) is 23.3 Å². The summed E-state index contributed by atoms with van der Waals surface area (Å²) >= 11 is -0.277. The number of aryl methyl sites for hydroxylation is 1. The van der Waals surface area contributed by atoms with Crippen LogP contribution in [0.5, 0.6) is 0 Å². The fourth-order valence-corrected chi connectivity index (χ4v) is 5.25. The second kappa shape index (κ2) is 14.2. The van der Waals surface area contributed by atoms with E-state index in [4.69, 9.17) is 13.0 Å². The van der Waals surface area contributed by atoms with E-state index in [0.717, 1.165) is 18.4 Å². The summed E-state index contributed by atoms with van der Waals surface area (Å²) in [5.74, 6) is 4.19. The van der Waals surface area contributed by atoms with Crippen molar-refractivity contribution in [2.75, 3.05) is 6.54 Å². The first-order valence-corrected chi connectivity index (χ1v) is 15.5. The topological polar surface area (TPSA) is 103 Å². The minimum Gasteiger partial charge on any atom is -0.741 e. The van der Waals surface area contributed by atoms with Gasteiger partial charge in [-0.3, -0.25) is 0 Å². The summed E-state index contributed by atoms with van der Waals surface area (Å²) in [6, 6.07) is 17.3. The predicted molar refractivity (Wildman–Crippen MR) is 123 cm³/mol. The van der Waals surface area contributed by atoms with Crippen LogP contribution in [0.2, 0.25) is 0 Å². The average molecular weight is 646 g/mol. The Morgan fingerprint density at radius 1 is 1.00 bits per heavy atom. The number of nitrogens with one attached hydrogen (secondary N) is 1. The molecule has 0 aliphatic rings. The highest BCUT2D eigenvalue weighted by Gasteiger charge is 2.36. The Morgan fingerprint density at radius 3 is 2.03 bits per heavy atom. The number of sulfonamides is 1. The van der Waals surface area contributed by atoms with Crippen LogP contribution in [0, 0.1) is 32.2 Å². The lowest BCUT2D eigenvalue weighted by molar-refractivity contribution is -0.535. The van der Waals surface area contributed by atoms with Crippen LogP contribution in [0.4, 0.5) is 13.2 Å². The van der Waals surface area contributed by atoms with Crippen molar-refractivity contribution in [1.82, 2.24) is 4.72 Å². The largest absolute Gasteiger partial charge is 0.741 e. The maximum Gasteiger partial charge on any atom is 0.485 e. The molecule has 2 aromatic carbocycles. The fourth-order valence-electron chi connectivity index (χ4n) is 2.53. The Labute approximate surface area is 215 Å². The smallest absolute Gasteiger partial charge is 0.485 e. The lowest BCUT2D eigenvalue weighted by Gasteiger charge is -2.14. The summed E-state index contributed by atoms with van der Waals surface area (Å²) in [4.78, 5) is 0.320. The molecule has 1 N–H and O–H groups in total. The normalized spacial score (nSPS) is 12.8. The minimum atomic E-state index is -6.09. The van der Waals surface area contributed by atoms with Crippen molar-refractivity contribution in [2.45, 2.75) is 44.0 Å². The van der Waals surface area contributed by atoms with Gasteiger partial charge in [-0.2, -0.15) is 13.2 Å². The van der Waals surface area contributed by atoms with Crippen LogP contribution in [0.1, 0.15) is 32.3 Å². The van der Waals surface area contributed by atoms with Crippen LogP contribution in [-0.4, -0.2) is 33.4 Å². The number of alkyl halides is 3. The zero-order valence-corrected chi connectivity index (χ0v) is 23.1. The van der Waals surface area contributed by atoms with Gasteiger partial charge in [-0.05, 0) is 55.9 Å². The zero-order valence-electron chi connectivity index (χ0n) is 19.3. The first-order chi connectivity index (χ1) is 16.1. The van der Waals surface area contributed by atoms with Gasteiger partial charge in [0.05, 0.1) is 4.90 Å². The maximum atomic E-state index is 12.3. The Bertz CT molecular complexity index is 1190. The molecule has 0 saturated carbocycles. The summed E-state index contributed by atoms with van der Waals surface area (Å²) in [7, 11) is -9.52.